The van der Waals surface area contributed by atoms with Crippen molar-refractivity contribution in [1.82, 2.24) is 0 Å². The molecule has 2 saturated carbocycles. The van der Waals surface area contributed by atoms with Crippen molar-refractivity contribution in [2.75, 3.05) is 0 Å². The first-order valence-corrected chi connectivity index (χ1v) is 8.42. The number of hydrogen-bond acceptors (Lipinski definition) is 1. The molecule has 0 heterocycles. The van der Waals surface area contributed by atoms with Crippen LogP contribution in [-0.4, -0.2) is 5.78 Å². The largest absolute Gasteiger partial charge is 0.299 e. The summed E-state index contributed by atoms with van der Waals surface area (Å²) in [6.45, 7) is 4.94. The number of hydrogen-bond donors (Lipinski definition) is 0. The minimum Gasteiger partial charge on any atom is -0.299 e. The lowest BCUT2D eigenvalue weighted by Crippen LogP contribution is -2.48. The Hall–Kier alpha value is -0.850. The molecular weight excluding hydrogens is 244 g/mol. The second-order valence-electron chi connectivity index (χ2n) is 8.16. The lowest BCUT2D eigenvalue weighted by atomic mass is 9.48. The summed E-state index contributed by atoms with van der Waals surface area (Å²) in [6, 6.07) is 0. The smallest absolute Gasteiger partial charge is 0.136 e. The maximum absolute atomic E-state index is 11.8. The van der Waals surface area contributed by atoms with Gasteiger partial charge in [0.25, 0.3) is 0 Å². The van der Waals surface area contributed by atoms with Crippen LogP contribution in [0.15, 0.2) is 23.8 Å². The molecule has 5 unspecified atom stereocenters. The minimum atomic E-state index is 0.334. The van der Waals surface area contributed by atoms with Crippen LogP contribution in [0, 0.1) is 28.6 Å². The summed E-state index contributed by atoms with van der Waals surface area (Å²) in [4.78, 5) is 11.8. The van der Waals surface area contributed by atoms with E-state index in [-0.39, 0.29) is 0 Å². The number of allylic oxidation sites excluding steroid dienone is 4. The Balaban J connectivity index is 1.70. The summed E-state index contributed by atoms with van der Waals surface area (Å²) in [6.07, 6.45) is 15.3. The standard InChI is InChI=1S/C19H26O/c1-18-9-3-4-16(18)15-6-5-13-12-14(20)7-11-19(13,2)17(15)8-10-18/h3,5,9,15-17H,4,6-8,10-12H2,1-2H3. The highest BCUT2D eigenvalue weighted by atomic mass is 16.1. The van der Waals surface area contributed by atoms with Crippen LogP contribution in [0.3, 0.4) is 0 Å². The molecule has 2 fully saturated rings. The van der Waals surface area contributed by atoms with Crippen molar-refractivity contribution in [2.24, 2.45) is 28.6 Å². The molecule has 4 aliphatic carbocycles. The Kier molecular flexibility index (Phi) is 2.63. The van der Waals surface area contributed by atoms with Gasteiger partial charge in [-0.25, -0.2) is 0 Å². The number of rotatable bonds is 0. The van der Waals surface area contributed by atoms with Gasteiger partial charge in [0.2, 0.25) is 0 Å². The maximum atomic E-state index is 11.8. The molecule has 0 radical (unpaired) electrons. The van der Waals surface area contributed by atoms with E-state index in [2.05, 4.69) is 32.1 Å². The van der Waals surface area contributed by atoms with Crippen LogP contribution in [0.25, 0.3) is 0 Å². The van der Waals surface area contributed by atoms with E-state index in [0.29, 0.717) is 16.6 Å². The van der Waals surface area contributed by atoms with E-state index < -0.39 is 0 Å². The molecule has 0 spiro atoms. The number of carbonyl (C=O) groups is 1. The van der Waals surface area contributed by atoms with Crippen molar-refractivity contribution in [3.05, 3.63) is 23.8 Å². The molecule has 0 aromatic carbocycles. The molecule has 4 rings (SSSR count). The highest BCUT2D eigenvalue weighted by Gasteiger charge is 2.54. The van der Waals surface area contributed by atoms with Crippen LogP contribution in [0.4, 0.5) is 0 Å². The van der Waals surface area contributed by atoms with Gasteiger partial charge in [-0.05, 0) is 60.7 Å². The first-order chi connectivity index (χ1) is 9.53. The van der Waals surface area contributed by atoms with Crippen LogP contribution < -0.4 is 0 Å². The van der Waals surface area contributed by atoms with Gasteiger partial charge in [0.15, 0.2) is 0 Å². The van der Waals surface area contributed by atoms with E-state index in [4.69, 9.17) is 0 Å². The zero-order valence-corrected chi connectivity index (χ0v) is 12.8. The van der Waals surface area contributed by atoms with E-state index in [9.17, 15) is 4.79 Å². The molecule has 0 amide bonds. The lowest BCUT2D eigenvalue weighted by molar-refractivity contribution is -0.122. The van der Waals surface area contributed by atoms with Crippen molar-refractivity contribution in [3.8, 4) is 0 Å². The molecule has 0 N–H and O–H groups in total. The Morgan fingerprint density at radius 1 is 1.15 bits per heavy atom. The molecule has 20 heavy (non-hydrogen) atoms. The third kappa shape index (κ3) is 1.58. The predicted molar refractivity (Wildman–Crippen MR) is 81.2 cm³/mol. The van der Waals surface area contributed by atoms with Crippen molar-refractivity contribution < 1.29 is 4.79 Å². The summed E-state index contributed by atoms with van der Waals surface area (Å²) < 4.78 is 0. The third-order valence-corrected chi connectivity index (χ3v) is 7.26. The minimum absolute atomic E-state index is 0.334. The van der Waals surface area contributed by atoms with Crippen LogP contribution in [0.2, 0.25) is 0 Å². The SMILES string of the molecule is CC12C=CCC1C1CC=C3CC(=O)CCC3(C)C1CC2. The van der Waals surface area contributed by atoms with Crippen molar-refractivity contribution >= 4 is 5.78 Å². The molecule has 0 aromatic heterocycles. The van der Waals surface area contributed by atoms with Gasteiger partial charge >= 0.3 is 0 Å². The molecule has 1 nitrogen and oxygen atoms in total. The highest BCUT2D eigenvalue weighted by Crippen LogP contribution is 2.63. The molecule has 108 valence electrons. The van der Waals surface area contributed by atoms with Gasteiger partial charge in [0.05, 0.1) is 0 Å². The van der Waals surface area contributed by atoms with Gasteiger partial charge in [0.1, 0.15) is 5.78 Å². The second-order valence-corrected chi connectivity index (χ2v) is 8.16. The Labute approximate surface area is 122 Å². The highest BCUT2D eigenvalue weighted by molar-refractivity contribution is 5.82. The molecule has 0 aromatic rings. The topological polar surface area (TPSA) is 17.1 Å². The number of carbonyl (C=O) groups excluding carboxylic acids is 1. The zero-order valence-electron chi connectivity index (χ0n) is 12.8. The fourth-order valence-electron chi connectivity index (χ4n) is 5.96. The summed E-state index contributed by atoms with van der Waals surface area (Å²) in [5.74, 6) is 3.00. The van der Waals surface area contributed by atoms with Gasteiger partial charge in [-0.2, -0.15) is 0 Å². The summed E-state index contributed by atoms with van der Waals surface area (Å²) in [5.41, 5.74) is 2.29. The number of fused-ring (bicyclic) bond motifs is 5. The third-order valence-electron chi connectivity index (χ3n) is 7.26. The van der Waals surface area contributed by atoms with Crippen LogP contribution in [0.1, 0.15) is 58.8 Å². The molecule has 5 atom stereocenters. The lowest BCUT2D eigenvalue weighted by Gasteiger charge is -2.56. The van der Waals surface area contributed by atoms with E-state index in [0.717, 1.165) is 37.0 Å². The zero-order chi connectivity index (χ0) is 14.0. The van der Waals surface area contributed by atoms with Crippen molar-refractivity contribution in [1.29, 1.82) is 0 Å². The van der Waals surface area contributed by atoms with Gasteiger partial charge in [0, 0.05) is 12.8 Å². The van der Waals surface area contributed by atoms with Crippen molar-refractivity contribution in [2.45, 2.75) is 58.8 Å². The maximum Gasteiger partial charge on any atom is 0.136 e. The Bertz CT molecular complexity index is 514. The van der Waals surface area contributed by atoms with Crippen LogP contribution in [0.5, 0.6) is 0 Å². The van der Waals surface area contributed by atoms with E-state index in [1.807, 2.05) is 0 Å². The monoisotopic (exact) mass is 270 g/mol. The van der Waals surface area contributed by atoms with E-state index >= 15 is 0 Å². The van der Waals surface area contributed by atoms with E-state index in [1.54, 1.807) is 0 Å². The van der Waals surface area contributed by atoms with Gasteiger partial charge in [-0.15, -0.1) is 0 Å². The Morgan fingerprint density at radius 3 is 2.85 bits per heavy atom. The fraction of sp³-hybridized carbons (Fsp3) is 0.737. The molecule has 0 saturated heterocycles. The van der Waals surface area contributed by atoms with Crippen LogP contribution in [-0.2, 0) is 4.79 Å². The van der Waals surface area contributed by atoms with Crippen LogP contribution >= 0.6 is 0 Å². The van der Waals surface area contributed by atoms with Gasteiger partial charge in [-0.3, -0.25) is 4.79 Å². The Morgan fingerprint density at radius 2 is 2.00 bits per heavy atom. The molecule has 4 aliphatic rings. The van der Waals surface area contributed by atoms with Gasteiger partial charge < -0.3 is 0 Å². The molecule has 0 bridgehead atoms. The second kappa shape index (κ2) is 4.08. The van der Waals surface area contributed by atoms with Gasteiger partial charge in [-0.1, -0.05) is 37.6 Å². The summed E-state index contributed by atoms with van der Waals surface area (Å²) in [7, 11) is 0. The first-order valence-electron chi connectivity index (χ1n) is 8.42. The average Bonchev–Trinajstić information content (AvgIpc) is 2.81. The summed E-state index contributed by atoms with van der Waals surface area (Å²) in [5, 5.41) is 0. The number of Topliss-reactive ketones (excluding diaryl/α,β-unsaturated/α-hetero) is 1. The fourth-order valence-corrected chi connectivity index (χ4v) is 5.96. The predicted octanol–water partition coefficient (Wildman–Crippen LogP) is 4.68. The summed E-state index contributed by atoms with van der Waals surface area (Å²) >= 11 is 0. The molecular formula is C19H26O. The van der Waals surface area contributed by atoms with E-state index in [1.165, 1.54) is 31.3 Å². The first kappa shape index (κ1) is 12.9. The molecule has 0 aliphatic heterocycles. The molecule has 1 heteroatoms. The number of ketones is 1. The normalized spacial score (nSPS) is 50.2. The average molecular weight is 270 g/mol. The van der Waals surface area contributed by atoms with Crippen molar-refractivity contribution in [3.63, 3.8) is 0 Å². The quantitative estimate of drug-likeness (QED) is 0.584.